The lowest BCUT2D eigenvalue weighted by molar-refractivity contribution is 0.0639. The molecule has 0 saturated heterocycles. The summed E-state index contributed by atoms with van der Waals surface area (Å²) < 4.78 is 28.8. The number of hydrogen-bond donors (Lipinski definition) is 0. The van der Waals surface area contributed by atoms with Crippen LogP contribution in [0.4, 0.5) is 4.39 Å². The van der Waals surface area contributed by atoms with Crippen molar-refractivity contribution in [2.75, 3.05) is 33.5 Å². The maximum atomic E-state index is 13.9. The van der Waals surface area contributed by atoms with Crippen LogP contribution in [0.1, 0.15) is 23.7 Å². The van der Waals surface area contributed by atoms with Crippen molar-refractivity contribution in [3.63, 3.8) is 0 Å². The number of aromatic nitrogens is 1. The molecule has 0 aromatic carbocycles. The Kier molecular flexibility index (Phi) is 6.99. The summed E-state index contributed by atoms with van der Waals surface area (Å²) in [7, 11) is 1.57. The topological polar surface area (TPSA) is 57.7 Å². The standard InChI is InChI=1S/C13H18FNO4/c1-3-19-13-12(14)10(4-6-15-13)11(16)5-7-18-9-8-17-2/h4,6H,3,5,7-9H2,1-2H3. The van der Waals surface area contributed by atoms with Crippen molar-refractivity contribution in [3.8, 4) is 5.88 Å². The first-order valence-corrected chi connectivity index (χ1v) is 6.07. The van der Waals surface area contributed by atoms with Gasteiger partial charge in [0.15, 0.2) is 11.6 Å². The van der Waals surface area contributed by atoms with Gasteiger partial charge in [0.25, 0.3) is 5.88 Å². The number of carbonyl (C=O) groups excluding carboxylic acids is 1. The molecule has 0 fully saturated rings. The number of Topliss-reactive ketones (excluding diaryl/α,β-unsaturated/α-hetero) is 1. The zero-order valence-electron chi connectivity index (χ0n) is 11.1. The van der Waals surface area contributed by atoms with Crippen LogP contribution >= 0.6 is 0 Å². The zero-order chi connectivity index (χ0) is 14.1. The average Bonchev–Trinajstić information content (AvgIpc) is 2.41. The molecule has 1 aromatic heterocycles. The van der Waals surface area contributed by atoms with Crippen molar-refractivity contribution < 1.29 is 23.4 Å². The molecule has 5 nitrogen and oxygen atoms in total. The summed E-state index contributed by atoms with van der Waals surface area (Å²) in [4.78, 5) is 15.6. The van der Waals surface area contributed by atoms with E-state index in [1.54, 1.807) is 14.0 Å². The van der Waals surface area contributed by atoms with Crippen molar-refractivity contribution >= 4 is 5.78 Å². The molecule has 0 aliphatic rings. The Morgan fingerprint density at radius 2 is 2.16 bits per heavy atom. The molecule has 0 radical (unpaired) electrons. The van der Waals surface area contributed by atoms with Crippen molar-refractivity contribution in [3.05, 3.63) is 23.6 Å². The molecule has 1 heterocycles. The van der Waals surface area contributed by atoms with Gasteiger partial charge in [-0.2, -0.15) is 0 Å². The highest BCUT2D eigenvalue weighted by atomic mass is 19.1. The molecule has 1 rings (SSSR count). The smallest absolute Gasteiger partial charge is 0.251 e. The van der Waals surface area contributed by atoms with Gasteiger partial charge in [0.1, 0.15) is 0 Å². The van der Waals surface area contributed by atoms with Crippen LogP contribution in [0.2, 0.25) is 0 Å². The Labute approximate surface area is 111 Å². The molecule has 0 amide bonds. The molecule has 0 N–H and O–H groups in total. The van der Waals surface area contributed by atoms with Gasteiger partial charge in [-0.1, -0.05) is 0 Å². The van der Waals surface area contributed by atoms with Gasteiger partial charge in [-0.25, -0.2) is 9.37 Å². The molecule has 6 heteroatoms. The van der Waals surface area contributed by atoms with Crippen LogP contribution in [0, 0.1) is 5.82 Å². The zero-order valence-corrected chi connectivity index (χ0v) is 11.1. The van der Waals surface area contributed by atoms with E-state index in [1.807, 2.05) is 0 Å². The minimum absolute atomic E-state index is 0.0196. The third-order valence-electron chi connectivity index (χ3n) is 2.34. The summed E-state index contributed by atoms with van der Waals surface area (Å²) in [6.07, 6.45) is 1.46. The summed E-state index contributed by atoms with van der Waals surface area (Å²) in [5.41, 5.74) is -0.0196. The highest BCUT2D eigenvalue weighted by Gasteiger charge is 2.16. The molecule has 1 aromatic rings. The Hall–Kier alpha value is -1.53. The molecular formula is C13H18FNO4. The van der Waals surface area contributed by atoms with Gasteiger partial charge < -0.3 is 14.2 Å². The molecule has 0 unspecified atom stereocenters. The summed E-state index contributed by atoms with van der Waals surface area (Å²) in [5, 5.41) is 0. The van der Waals surface area contributed by atoms with Crippen LogP contribution in [-0.4, -0.2) is 44.3 Å². The molecule has 0 aliphatic heterocycles. The third kappa shape index (κ3) is 4.92. The van der Waals surface area contributed by atoms with Crippen LogP contribution in [0.3, 0.4) is 0 Å². The van der Waals surface area contributed by atoms with Crippen molar-refractivity contribution in [1.82, 2.24) is 4.98 Å². The van der Waals surface area contributed by atoms with E-state index in [0.29, 0.717) is 19.8 Å². The van der Waals surface area contributed by atoms with Gasteiger partial charge >= 0.3 is 0 Å². The van der Waals surface area contributed by atoms with Gasteiger partial charge in [-0.15, -0.1) is 0 Å². The second kappa shape index (κ2) is 8.55. The van der Waals surface area contributed by atoms with Gasteiger partial charge in [0.2, 0.25) is 0 Å². The number of ketones is 1. The number of methoxy groups -OCH3 is 1. The molecule has 106 valence electrons. The van der Waals surface area contributed by atoms with Crippen LogP contribution in [-0.2, 0) is 9.47 Å². The maximum Gasteiger partial charge on any atom is 0.251 e. The molecule has 0 aliphatic carbocycles. The highest BCUT2D eigenvalue weighted by molar-refractivity contribution is 5.96. The summed E-state index contributed by atoms with van der Waals surface area (Å²) >= 11 is 0. The summed E-state index contributed by atoms with van der Waals surface area (Å²) in [6.45, 7) is 3.12. The van der Waals surface area contributed by atoms with E-state index in [0.717, 1.165) is 0 Å². The third-order valence-corrected chi connectivity index (χ3v) is 2.34. The lowest BCUT2D eigenvalue weighted by Crippen LogP contribution is -2.10. The van der Waals surface area contributed by atoms with E-state index in [1.165, 1.54) is 12.3 Å². The molecule has 0 atom stereocenters. The first-order chi connectivity index (χ1) is 9.20. The number of rotatable bonds is 9. The largest absolute Gasteiger partial charge is 0.476 e. The van der Waals surface area contributed by atoms with Gasteiger partial charge in [-0.05, 0) is 13.0 Å². The maximum absolute atomic E-state index is 13.9. The van der Waals surface area contributed by atoms with Crippen LogP contribution in [0.5, 0.6) is 5.88 Å². The van der Waals surface area contributed by atoms with E-state index in [-0.39, 0.29) is 30.3 Å². The van der Waals surface area contributed by atoms with Gasteiger partial charge in [0.05, 0.1) is 32.0 Å². The molecule has 0 bridgehead atoms. The van der Waals surface area contributed by atoms with Crippen LogP contribution in [0.25, 0.3) is 0 Å². The molecule has 0 saturated carbocycles. The predicted molar refractivity (Wildman–Crippen MR) is 67.0 cm³/mol. The first kappa shape index (κ1) is 15.5. The lowest BCUT2D eigenvalue weighted by Gasteiger charge is -2.07. The summed E-state index contributed by atoms with van der Waals surface area (Å²) in [6, 6.07) is 1.34. The van der Waals surface area contributed by atoms with E-state index in [4.69, 9.17) is 14.2 Å². The van der Waals surface area contributed by atoms with Gasteiger partial charge in [-0.3, -0.25) is 4.79 Å². The minimum Gasteiger partial charge on any atom is -0.476 e. The lowest BCUT2D eigenvalue weighted by atomic mass is 10.1. The Balaban J connectivity index is 2.54. The Morgan fingerprint density at radius 1 is 1.37 bits per heavy atom. The van der Waals surface area contributed by atoms with Crippen molar-refractivity contribution in [1.29, 1.82) is 0 Å². The van der Waals surface area contributed by atoms with E-state index >= 15 is 0 Å². The van der Waals surface area contributed by atoms with Gasteiger partial charge in [0, 0.05) is 19.7 Å². The molecule has 0 spiro atoms. The fourth-order valence-electron chi connectivity index (χ4n) is 1.42. The fourth-order valence-corrected chi connectivity index (χ4v) is 1.42. The molecular weight excluding hydrogens is 253 g/mol. The minimum atomic E-state index is -0.716. The van der Waals surface area contributed by atoms with Crippen LogP contribution in [0.15, 0.2) is 12.3 Å². The number of ether oxygens (including phenoxy) is 3. The van der Waals surface area contributed by atoms with Crippen molar-refractivity contribution in [2.24, 2.45) is 0 Å². The number of pyridine rings is 1. The second-order valence-corrected chi connectivity index (χ2v) is 3.69. The fraction of sp³-hybridized carbons (Fsp3) is 0.538. The number of nitrogens with zero attached hydrogens (tertiary/aromatic N) is 1. The second-order valence-electron chi connectivity index (χ2n) is 3.69. The van der Waals surface area contributed by atoms with E-state index < -0.39 is 5.82 Å². The highest BCUT2D eigenvalue weighted by Crippen LogP contribution is 2.18. The number of halogens is 1. The average molecular weight is 271 g/mol. The number of carbonyl (C=O) groups is 1. The Morgan fingerprint density at radius 3 is 2.84 bits per heavy atom. The van der Waals surface area contributed by atoms with E-state index in [2.05, 4.69) is 4.98 Å². The molecule has 19 heavy (non-hydrogen) atoms. The summed E-state index contributed by atoms with van der Waals surface area (Å²) in [5.74, 6) is -1.20. The Bertz CT molecular complexity index is 412. The SMILES string of the molecule is CCOc1nccc(C(=O)CCOCCOC)c1F. The van der Waals surface area contributed by atoms with Crippen molar-refractivity contribution in [2.45, 2.75) is 13.3 Å². The number of hydrogen-bond acceptors (Lipinski definition) is 5. The monoisotopic (exact) mass is 271 g/mol. The van der Waals surface area contributed by atoms with Crippen LogP contribution < -0.4 is 4.74 Å². The quantitative estimate of drug-likeness (QED) is 0.507. The predicted octanol–water partition coefficient (Wildman–Crippen LogP) is 1.86. The normalized spacial score (nSPS) is 10.5. The van der Waals surface area contributed by atoms with E-state index in [9.17, 15) is 9.18 Å². The first-order valence-electron chi connectivity index (χ1n) is 6.07.